The van der Waals surface area contributed by atoms with Crippen LogP contribution in [-0.2, 0) is 9.53 Å². The van der Waals surface area contributed by atoms with E-state index in [4.69, 9.17) is 4.74 Å². The largest absolute Gasteiger partial charge is 0.438 e. The number of ketones is 1. The van der Waals surface area contributed by atoms with Gasteiger partial charge in [0.2, 0.25) is 0 Å². The van der Waals surface area contributed by atoms with Crippen molar-refractivity contribution in [1.29, 1.82) is 0 Å². The van der Waals surface area contributed by atoms with E-state index in [1.54, 1.807) is 31.2 Å². The molecule has 0 radical (unpaired) electrons. The van der Waals surface area contributed by atoms with Crippen molar-refractivity contribution in [3.05, 3.63) is 30.3 Å². The zero-order valence-electron chi connectivity index (χ0n) is 9.40. The van der Waals surface area contributed by atoms with E-state index in [0.717, 1.165) is 0 Å². The second-order valence-electron chi connectivity index (χ2n) is 3.40. The summed E-state index contributed by atoms with van der Waals surface area (Å²) in [6.07, 6.45) is -0.783. The quantitative estimate of drug-likeness (QED) is 0.850. The number of anilines is 1. The molecule has 0 saturated heterocycles. The molecule has 1 aromatic rings. The van der Waals surface area contributed by atoms with Gasteiger partial charge in [0.1, 0.15) is 0 Å². The molecule has 0 spiro atoms. The van der Waals surface area contributed by atoms with Crippen molar-refractivity contribution in [2.75, 3.05) is 5.32 Å². The fourth-order valence-corrected chi connectivity index (χ4v) is 1.25. The predicted octanol–water partition coefficient (Wildman–Crippen LogP) is 2.60. The highest BCUT2D eigenvalue weighted by Crippen LogP contribution is 2.07. The standard InChI is InChI=1S/C12H15NO3/c1-3-11(9(2)14)16-12(15)13-10-7-5-4-6-8-10/h4-8,11H,3H2,1-2H3,(H,13,15). The molecule has 1 amide bonds. The van der Waals surface area contributed by atoms with Gasteiger partial charge in [-0.25, -0.2) is 4.79 Å². The normalized spacial score (nSPS) is 11.6. The molecule has 0 fully saturated rings. The van der Waals surface area contributed by atoms with Gasteiger partial charge in [-0.2, -0.15) is 0 Å². The number of nitrogens with one attached hydrogen (secondary N) is 1. The van der Waals surface area contributed by atoms with Crippen molar-refractivity contribution in [2.45, 2.75) is 26.4 Å². The molecule has 1 aromatic carbocycles. The number of ether oxygens (including phenoxy) is 1. The van der Waals surface area contributed by atoms with Crippen molar-refractivity contribution in [3.63, 3.8) is 0 Å². The van der Waals surface area contributed by atoms with Crippen LogP contribution in [0.15, 0.2) is 30.3 Å². The minimum absolute atomic E-state index is 0.147. The highest BCUT2D eigenvalue weighted by Gasteiger charge is 2.16. The first-order valence-electron chi connectivity index (χ1n) is 5.16. The van der Waals surface area contributed by atoms with Crippen LogP contribution in [0.3, 0.4) is 0 Å². The van der Waals surface area contributed by atoms with Gasteiger partial charge in [0.05, 0.1) is 0 Å². The van der Waals surface area contributed by atoms with Crippen LogP contribution in [0.5, 0.6) is 0 Å². The first-order valence-corrected chi connectivity index (χ1v) is 5.16. The molecule has 0 aliphatic carbocycles. The highest BCUT2D eigenvalue weighted by atomic mass is 16.6. The molecule has 0 saturated carbocycles. The molecule has 1 rings (SSSR count). The number of hydrogen-bond acceptors (Lipinski definition) is 3. The zero-order valence-corrected chi connectivity index (χ0v) is 9.40. The van der Waals surface area contributed by atoms with Gasteiger partial charge in [0.25, 0.3) is 0 Å². The molecule has 0 heterocycles. The van der Waals surface area contributed by atoms with Crippen molar-refractivity contribution in [2.24, 2.45) is 0 Å². The Kier molecular flexibility index (Phi) is 4.51. The van der Waals surface area contributed by atoms with Gasteiger partial charge in [-0.3, -0.25) is 10.1 Å². The van der Waals surface area contributed by atoms with Crippen LogP contribution in [0.4, 0.5) is 10.5 Å². The third kappa shape index (κ3) is 3.73. The molecule has 1 atom stereocenters. The van der Waals surface area contributed by atoms with Gasteiger partial charge in [-0.1, -0.05) is 25.1 Å². The van der Waals surface area contributed by atoms with Gasteiger partial charge >= 0.3 is 6.09 Å². The van der Waals surface area contributed by atoms with Gasteiger partial charge in [0, 0.05) is 5.69 Å². The van der Waals surface area contributed by atoms with E-state index >= 15 is 0 Å². The Morgan fingerprint density at radius 3 is 2.44 bits per heavy atom. The molecule has 86 valence electrons. The van der Waals surface area contributed by atoms with Gasteiger partial charge in [-0.15, -0.1) is 0 Å². The van der Waals surface area contributed by atoms with Crippen LogP contribution in [0, 0.1) is 0 Å². The van der Waals surface area contributed by atoms with Crippen LogP contribution in [0.25, 0.3) is 0 Å². The van der Waals surface area contributed by atoms with Crippen molar-refractivity contribution >= 4 is 17.6 Å². The topological polar surface area (TPSA) is 55.4 Å². The lowest BCUT2D eigenvalue weighted by atomic mass is 10.2. The second-order valence-corrected chi connectivity index (χ2v) is 3.40. The zero-order chi connectivity index (χ0) is 12.0. The summed E-state index contributed by atoms with van der Waals surface area (Å²) < 4.78 is 4.97. The third-order valence-corrected chi connectivity index (χ3v) is 2.09. The SMILES string of the molecule is CCC(OC(=O)Nc1ccccc1)C(C)=O. The number of amides is 1. The van der Waals surface area contributed by atoms with Crippen molar-refractivity contribution < 1.29 is 14.3 Å². The number of rotatable bonds is 4. The summed E-state index contributed by atoms with van der Waals surface area (Å²) in [5, 5.41) is 2.55. The highest BCUT2D eigenvalue weighted by molar-refractivity contribution is 5.88. The summed E-state index contributed by atoms with van der Waals surface area (Å²) in [6.45, 7) is 3.20. The summed E-state index contributed by atoms with van der Waals surface area (Å²) in [5.41, 5.74) is 0.644. The van der Waals surface area contributed by atoms with E-state index in [9.17, 15) is 9.59 Å². The number of carbonyl (C=O) groups is 2. The first-order chi connectivity index (χ1) is 7.63. The Morgan fingerprint density at radius 1 is 1.31 bits per heavy atom. The Balaban J connectivity index is 2.50. The Bertz CT molecular complexity index is 362. The van der Waals surface area contributed by atoms with E-state index in [1.165, 1.54) is 6.92 Å². The lowest BCUT2D eigenvalue weighted by molar-refractivity contribution is -0.125. The molecule has 1 N–H and O–H groups in total. The van der Waals surface area contributed by atoms with Crippen LogP contribution in [0.1, 0.15) is 20.3 Å². The summed E-state index contributed by atoms with van der Waals surface area (Å²) in [7, 11) is 0. The average Bonchev–Trinajstić information content (AvgIpc) is 2.27. The molecule has 4 nitrogen and oxygen atoms in total. The molecule has 0 aliphatic heterocycles. The number of hydrogen-bond donors (Lipinski definition) is 1. The monoisotopic (exact) mass is 221 g/mol. The van der Waals surface area contributed by atoms with E-state index < -0.39 is 12.2 Å². The minimum atomic E-state index is -0.663. The molecule has 0 aliphatic rings. The van der Waals surface area contributed by atoms with Gasteiger partial charge in [0.15, 0.2) is 11.9 Å². The Morgan fingerprint density at radius 2 is 1.94 bits per heavy atom. The molecule has 16 heavy (non-hydrogen) atoms. The van der Waals surface area contributed by atoms with Crippen LogP contribution >= 0.6 is 0 Å². The maximum atomic E-state index is 11.4. The lowest BCUT2D eigenvalue weighted by Crippen LogP contribution is -2.27. The fraction of sp³-hybridized carbons (Fsp3) is 0.333. The third-order valence-electron chi connectivity index (χ3n) is 2.09. The summed E-state index contributed by atoms with van der Waals surface area (Å²) in [4.78, 5) is 22.5. The van der Waals surface area contributed by atoms with E-state index in [1.807, 2.05) is 6.07 Å². The first kappa shape index (κ1) is 12.2. The van der Waals surface area contributed by atoms with Crippen LogP contribution < -0.4 is 5.32 Å². The average molecular weight is 221 g/mol. The molecular weight excluding hydrogens is 206 g/mol. The maximum Gasteiger partial charge on any atom is 0.412 e. The molecule has 1 unspecified atom stereocenters. The summed E-state index contributed by atoms with van der Waals surface area (Å²) >= 11 is 0. The van der Waals surface area contributed by atoms with E-state index in [0.29, 0.717) is 12.1 Å². The number of Topliss-reactive ketones (excluding diaryl/α,β-unsaturated/α-hetero) is 1. The van der Waals surface area contributed by atoms with Crippen LogP contribution in [0.2, 0.25) is 0 Å². The predicted molar refractivity (Wildman–Crippen MR) is 61.3 cm³/mol. The molecule has 4 heteroatoms. The van der Waals surface area contributed by atoms with Gasteiger partial charge in [-0.05, 0) is 25.5 Å². The lowest BCUT2D eigenvalue weighted by Gasteiger charge is -2.13. The smallest absolute Gasteiger partial charge is 0.412 e. The summed E-state index contributed by atoms with van der Waals surface area (Å²) in [5.74, 6) is -0.147. The molecular formula is C12H15NO3. The maximum absolute atomic E-state index is 11.4. The molecule has 0 aromatic heterocycles. The summed E-state index contributed by atoms with van der Waals surface area (Å²) in [6, 6.07) is 8.95. The van der Waals surface area contributed by atoms with Crippen molar-refractivity contribution in [3.8, 4) is 0 Å². The van der Waals surface area contributed by atoms with Gasteiger partial charge < -0.3 is 4.74 Å². The fourth-order valence-electron chi connectivity index (χ4n) is 1.25. The van der Waals surface area contributed by atoms with E-state index in [-0.39, 0.29) is 5.78 Å². The Hall–Kier alpha value is -1.84. The van der Waals surface area contributed by atoms with Crippen molar-refractivity contribution in [1.82, 2.24) is 0 Å². The Labute approximate surface area is 94.6 Å². The minimum Gasteiger partial charge on any atom is -0.438 e. The van der Waals surface area contributed by atoms with E-state index in [2.05, 4.69) is 5.32 Å². The molecule has 0 bridgehead atoms. The van der Waals surface area contributed by atoms with Crippen LogP contribution in [-0.4, -0.2) is 18.0 Å². The number of benzene rings is 1. The number of carbonyl (C=O) groups excluding carboxylic acids is 2. The number of para-hydroxylation sites is 1. The second kappa shape index (κ2) is 5.90.